The van der Waals surface area contributed by atoms with E-state index >= 15 is 0 Å². The van der Waals surface area contributed by atoms with Gasteiger partial charge >= 0.3 is 6.03 Å². The van der Waals surface area contributed by atoms with Crippen LogP contribution in [0.15, 0.2) is 0 Å². The van der Waals surface area contributed by atoms with Crippen molar-refractivity contribution >= 4 is 6.03 Å². The highest BCUT2D eigenvalue weighted by Crippen LogP contribution is 2.24. The summed E-state index contributed by atoms with van der Waals surface area (Å²) in [6.45, 7) is 5.67. The largest absolute Gasteiger partial charge is 0.396 e. The zero-order chi connectivity index (χ0) is 9.90. The van der Waals surface area contributed by atoms with Gasteiger partial charge in [-0.2, -0.15) is 0 Å². The van der Waals surface area contributed by atoms with Gasteiger partial charge in [-0.3, -0.25) is 0 Å². The summed E-state index contributed by atoms with van der Waals surface area (Å²) in [5, 5.41) is 11.7. The van der Waals surface area contributed by atoms with Crippen molar-refractivity contribution < 1.29 is 9.90 Å². The second-order valence-electron chi connectivity index (χ2n) is 3.71. The van der Waals surface area contributed by atoms with Crippen molar-refractivity contribution in [3.63, 3.8) is 0 Å². The van der Waals surface area contributed by atoms with Gasteiger partial charge in [-0.05, 0) is 19.8 Å². The standard InChI is InChI=1S/C9H18N2O2/c1-3-9(2,4-7-12)11-6-5-10-8(11)13/h12H,3-7H2,1-2H3,(H,10,13). The molecule has 0 aromatic rings. The van der Waals surface area contributed by atoms with Gasteiger partial charge in [0.2, 0.25) is 0 Å². The van der Waals surface area contributed by atoms with E-state index in [-0.39, 0.29) is 18.2 Å². The number of rotatable bonds is 4. The molecule has 76 valence electrons. The van der Waals surface area contributed by atoms with Crippen LogP contribution in [0.1, 0.15) is 26.7 Å². The maximum Gasteiger partial charge on any atom is 0.317 e. The molecule has 1 atom stereocenters. The van der Waals surface area contributed by atoms with Crippen molar-refractivity contribution in [2.45, 2.75) is 32.2 Å². The van der Waals surface area contributed by atoms with Crippen molar-refractivity contribution in [1.82, 2.24) is 10.2 Å². The van der Waals surface area contributed by atoms with Crippen LogP contribution in [0.25, 0.3) is 0 Å². The maximum atomic E-state index is 11.4. The molecule has 2 N–H and O–H groups in total. The lowest BCUT2D eigenvalue weighted by atomic mass is 9.93. The molecular weight excluding hydrogens is 168 g/mol. The Kier molecular flexibility index (Phi) is 3.14. The molecule has 1 saturated heterocycles. The van der Waals surface area contributed by atoms with Crippen LogP contribution in [-0.2, 0) is 0 Å². The molecule has 0 spiro atoms. The Balaban J connectivity index is 2.68. The van der Waals surface area contributed by atoms with Crippen molar-refractivity contribution in [3.05, 3.63) is 0 Å². The van der Waals surface area contributed by atoms with E-state index in [0.717, 1.165) is 19.5 Å². The third-order valence-corrected chi connectivity index (χ3v) is 2.92. The normalized spacial score (nSPS) is 21.5. The molecule has 1 aliphatic heterocycles. The molecule has 1 fully saturated rings. The molecule has 13 heavy (non-hydrogen) atoms. The fourth-order valence-corrected chi connectivity index (χ4v) is 1.73. The van der Waals surface area contributed by atoms with Gasteiger partial charge in [0.1, 0.15) is 0 Å². The first kappa shape index (κ1) is 10.3. The van der Waals surface area contributed by atoms with E-state index in [1.807, 2.05) is 18.7 Å². The van der Waals surface area contributed by atoms with E-state index in [2.05, 4.69) is 5.32 Å². The summed E-state index contributed by atoms with van der Waals surface area (Å²) in [5.74, 6) is 0. The van der Waals surface area contributed by atoms with Crippen LogP contribution in [0.5, 0.6) is 0 Å². The van der Waals surface area contributed by atoms with Crippen LogP contribution >= 0.6 is 0 Å². The maximum absolute atomic E-state index is 11.4. The first-order chi connectivity index (χ1) is 6.14. The molecule has 0 bridgehead atoms. The predicted octanol–water partition coefficient (Wildman–Crippen LogP) is 0.563. The average molecular weight is 186 g/mol. The molecule has 1 rings (SSSR count). The third-order valence-electron chi connectivity index (χ3n) is 2.92. The fourth-order valence-electron chi connectivity index (χ4n) is 1.73. The van der Waals surface area contributed by atoms with Gasteiger partial charge in [0.25, 0.3) is 0 Å². The average Bonchev–Trinajstić information content (AvgIpc) is 2.52. The Hall–Kier alpha value is -0.770. The smallest absolute Gasteiger partial charge is 0.317 e. The van der Waals surface area contributed by atoms with Crippen LogP contribution < -0.4 is 5.32 Å². The molecular formula is C9H18N2O2. The topological polar surface area (TPSA) is 52.6 Å². The number of nitrogens with zero attached hydrogens (tertiary/aromatic N) is 1. The molecule has 0 aromatic carbocycles. The van der Waals surface area contributed by atoms with E-state index in [0.29, 0.717) is 6.42 Å². The summed E-state index contributed by atoms with van der Waals surface area (Å²) in [7, 11) is 0. The predicted molar refractivity (Wildman–Crippen MR) is 50.5 cm³/mol. The molecule has 0 radical (unpaired) electrons. The summed E-state index contributed by atoms with van der Waals surface area (Å²) >= 11 is 0. The highest BCUT2D eigenvalue weighted by atomic mass is 16.3. The summed E-state index contributed by atoms with van der Waals surface area (Å²) in [6.07, 6.45) is 1.53. The van der Waals surface area contributed by atoms with E-state index in [1.54, 1.807) is 0 Å². The van der Waals surface area contributed by atoms with Crippen molar-refractivity contribution in [1.29, 1.82) is 0 Å². The number of aliphatic hydroxyl groups is 1. The lowest BCUT2D eigenvalue weighted by Gasteiger charge is -2.36. The Morgan fingerprint density at radius 2 is 2.38 bits per heavy atom. The second kappa shape index (κ2) is 3.96. The van der Waals surface area contributed by atoms with Crippen molar-refractivity contribution in [2.75, 3.05) is 19.7 Å². The zero-order valence-corrected chi connectivity index (χ0v) is 8.34. The monoisotopic (exact) mass is 186 g/mol. The van der Waals surface area contributed by atoms with Crippen LogP contribution in [-0.4, -0.2) is 41.3 Å². The van der Waals surface area contributed by atoms with Crippen LogP contribution in [0, 0.1) is 0 Å². The molecule has 0 aromatic heterocycles. The second-order valence-corrected chi connectivity index (χ2v) is 3.71. The summed E-state index contributed by atoms with van der Waals surface area (Å²) in [5.41, 5.74) is -0.185. The molecule has 1 aliphatic rings. The quantitative estimate of drug-likeness (QED) is 0.674. The number of urea groups is 1. The number of amides is 2. The minimum absolute atomic E-state index is 0.00204. The van der Waals surface area contributed by atoms with Crippen LogP contribution in [0.4, 0.5) is 4.79 Å². The van der Waals surface area contributed by atoms with E-state index in [1.165, 1.54) is 0 Å². The summed E-state index contributed by atoms with van der Waals surface area (Å²) in [4.78, 5) is 13.2. The van der Waals surface area contributed by atoms with Crippen molar-refractivity contribution in [2.24, 2.45) is 0 Å². The lowest BCUT2D eigenvalue weighted by Crippen LogP contribution is -2.48. The highest BCUT2D eigenvalue weighted by molar-refractivity contribution is 5.77. The number of hydrogen-bond donors (Lipinski definition) is 2. The SMILES string of the molecule is CCC(C)(CCO)N1CCNC1=O. The van der Waals surface area contributed by atoms with Gasteiger partial charge in [-0.25, -0.2) is 4.79 Å². The summed E-state index contributed by atoms with van der Waals surface area (Å²) < 4.78 is 0. The molecule has 1 unspecified atom stereocenters. The molecule has 4 heteroatoms. The zero-order valence-electron chi connectivity index (χ0n) is 8.34. The van der Waals surface area contributed by atoms with E-state index in [9.17, 15) is 4.79 Å². The number of nitrogens with one attached hydrogen (secondary N) is 1. The fraction of sp³-hybridized carbons (Fsp3) is 0.889. The van der Waals surface area contributed by atoms with Crippen molar-refractivity contribution in [3.8, 4) is 0 Å². The third kappa shape index (κ3) is 1.94. The first-order valence-electron chi connectivity index (χ1n) is 4.80. The van der Waals surface area contributed by atoms with Gasteiger partial charge in [0.05, 0.1) is 0 Å². The Labute approximate surface area is 78.9 Å². The van der Waals surface area contributed by atoms with Gasteiger partial charge in [-0.15, -0.1) is 0 Å². The molecule has 1 heterocycles. The van der Waals surface area contributed by atoms with Crippen LogP contribution in [0.2, 0.25) is 0 Å². The summed E-state index contributed by atoms with van der Waals surface area (Å²) in [6, 6.07) is -0.00204. The molecule has 0 aliphatic carbocycles. The van der Waals surface area contributed by atoms with Gasteiger partial charge in [0, 0.05) is 25.2 Å². The Bertz CT molecular complexity index is 196. The van der Waals surface area contributed by atoms with Crippen LogP contribution in [0.3, 0.4) is 0 Å². The number of carbonyl (C=O) groups is 1. The highest BCUT2D eigenvalue weighted by Gasteiger charge is 2.35. The lowest BCUT2D eigenvalue weighted by molar-refractivity contribution is 0.114. The molecule has 2 amide bonds. The molecule has 0 saturated carbocycles. The minimum atomic E-state index is -0.185. The first-order valence-corrected chi connectivity index (χ1v) is 4.80. The van der Waals surface area contributed by atoms with Gasteiger partial charge in [-0.1, -0.05) is 6.92 Å². The van der Waals surface area contributed by atoms with E-state index < -0.39 is 0 Å². The van der Waals surface area contributed by atoms with Gasteiger partial charge < -0.3 is 15.3 Å². The number of hydrogen-bond acceptors (Lipinski definition) is 2. The Morgan fingerprint density at radius 1 is 1.69 bits per heavy atom. The van der Waals surface area contributed by atoms with Gasteiger partial charge in [0.15, 0.2) is 0 Å². The molecule has 4 nitrogen and oxygen atoms in total. The Morgan fingerprint density at radius 3 is 2.77 bits per heavy atom. The number of carbonyl (C=O) groups excluding carboxylic acids is 1. The van der Waals surface area contributed by atoms with E-state index in [4.69, 9.17) is 5.11 Å². The number of aliphatic hydroxyl groups excluding tert-OH is 1. The minimum Gasteiger partial charge on any atom is -0.396 e.